The van der Waals surface area contributed by atoms with Gasteiger partial charge in [-0.3, -0.25) is 4.79 Å². The Balaban J connectivity index is -0.0000000733. The van der Waals surface area contributed by atoms with Crippen LogP contribution in [-0.4, -0.2) is 13.1 Å². The summed E-state index contributed by atoms with van der Waals surface area (Å²) in [4.78, 5) is 10.5. The summed E-state index contributed by atoms with van der Waals surface area (Å²) in [6.45, 7) is 8.17. The number of methoxy groups -OCH3 is 1. The zero-order valence-corrected chi connectivity index (χ0v) is 9.02. The standard InChI is InChI=1S/C6H12O2.C4H10.2CH4/c1-4-5(2)6(7)8-3;1-3-4-2;;/h5H,4H2,1-3H3;3-4H2,1-2H3;2*1H4. The van der Waals surface area contributed by atoms with Gasteiger partial charge >= 0.3 is 5.97 Å². The second-order valence-electron chi connectivity index (χ2n) is 2.83. The number of rotatable bonds is 3. The molecule has 90 valence electrons. The van der Waals surface area contributed by atoms with E-state index in [4.69, 9.17) is 0 Å². The number of esters is 1. The molecule has 0 aliphatic rings. The SMILES string of the molecule is C.C.CCC(C)C(=O)OC.CCCC. The minimum Gasteiger partial charge on any atom is -0.469 e. The van der Waals surface area contributed by atoms with Gasteiger partial charge in [0.2, 0.25) is 0 Å². The smallest absolute Gasteiger partial charge is 0.308 e. The predicted octanol–water partition coefficient (Wildman–Crippen LogP) is 4.28. The van der Waals surface area contributed by atoms with E-state index in [0.29, 0.717) is 0 Å². The first-order valence-corrected chi connectivity index (χ1v) is 4.71. The van der Waals surface area contributed by atoms with Gasteiger partial charge in [0.15, 0.2) is 0 Å². The molecule has 0 aromatic heterocycles. The lowest BCUT2D eigenvalue weighted by Crippen LogP contribution is -2.10. The first-order valence-electron chi connectivity index (χ1n) is 4.71. The Morgan fingerprint density at radius 3 is 1.57 bits per heavy atom. The quantitative estimate of drug-likeness (QED) is 0.644. The lowest BCUT2D eigenvalue weighted by Gasteiger charge is -2.02. The molecule has 0 aromatic rings. The molecule has 2 heteroatoms. The van der Waals surface area contributed by atoms with Gasteiger partial charge in [0.25, 0.3) is 0 Å². The van der Waals surface area contributed by atoms with Gasteiger partial charge in [0.05, 0.1) is 13.0 Å². The molecule has 1 atom stereocenters. The Kier molecular flexibility index (Phi) is 30.5. The summed E-state index contributed by atoms with van der Waals surface area (Å²) >= 11 is 0. The second-order valence-corrected chi connectivity index (χ2v) is 2.83. The van der Waals surface area contributed by atoms with E-state index in [1.54, 1.807) is 0 Å². The van der Waals surface area contributed by atoms with Crippen molar-refractivity contribution in [3.63, 3.8) is 0 Å². The van der Waals surface area contributed by atoms with Gasteiger partial charge in [-0.1, -0.05) is 55.4 Å². The van der Waals surface area contributed by atoms with Crippen molar-refractivity contribution in [1.29, 1.82) is 0 Å². The maximum Gasteiger partial charge on any atom is 0.308 e. The van der Waals surface area contributed by atoms with Gasteiger partial charge in [-0.2, -0.15) is 0 Å². The molecule has 0 N–H and O–H groups in total. The minimum atomic E-state index is -0.118. The summed E-state index contributed by atoms with van der Waals surface area (Å²) in [5.41, 5.74) is 0. The van der Waals surface area contributed by atoms with E-state index in [1.807, 2.05) is 13.8 Å². The third-order valence-electron chi connectivity index (χ3n) is 1.72. The van der Waals surface area contributed by atoms with Crippen LogP contribution in [0.3, 0.4) is 0 Å². The summed E-state index contributed by atoms with van der Waals surface area (Å²) in [5, 5.41) is 0. The molecule has 0 bridgehead atoms. The van der Waals surface area contributed by atoms with Crippen molar-refractivity contribution in [2.45, 2.75) is 61.8 Å². The van der Waals surface area contributed by atoms with Crippen LogP contribution in [0.2, 0.25) is 0 Å². The Morgan fingerprint density at radius 1 is 1.14 bits per heavy atom. The minimum absolute atomic E-state index is 0. The van der Waals surface area contributed by atoms with Crippen molar-refractivity contribution in [1.82, 2.24) is 0 Å². The summed E-state index contributed by atoms with van der Waals surface area (Å²) in [6, 6.07) is 0. The van der Waals surface area contributed by atoms with Crippen LogP contribution in [0.5, 0.6) is 0 Å². The largest absolute Gasteiger partial charge is 0.469 e. The molecule has 0 aliphatic carbocycles. The van der Waals surface area contributed by atoms with E-state index in [0.717, 1.165) is 6.42 Å². The molecule has 0 amide bonds. The first-order chi connectivity index (χ1) is 5.63. The highest BCUT2D eigenvalue weighted by Crippen LogP contribution is 2.00. The van der Waals surface area contributed by atoms with Crippen molar-refractivity contribution in [2.75, 3.05) is 7.11 Å². The molecule has 0 spiro atoms. The highest BCUT2D eigenvalue weighted by atomic mass is 16.5. The number of ether oxygens (including phenoxy) is 1. The fourth-order valence-corrected chi connectivity index (χ4v) is 0.368. The van der Waals surface area contributed by atoms with Crippen molar-refractivity contribution < 1.29 is 9.53 Å². The molecule has 0 heterocycles. The number of hydrogen-bond donors (Lipinski definition) is 0. The predicted molar refractivity (Wildman–Crippen MR) is 65.5 cm³/mol. The van der Waals surface area contributed by atoms with E-state index < -0.39 is 0 Å². The topological polar surface area (TPSA) is 26.3 Å². The summed E-state index contributed by atoms with van der Waals surface area (Å²) in [6.07, 6.45) is 3.49. The lowest BCUT2D eigenvalue weighted by atomic mass is 10.1. The first kappa shape index (κ1) is 23.4. The van der Waals surface area contributed by atoms with Crippen molar-refractivity contribution in [3.05, 3.63) is 0 Å². The average Bonchev–Trinajstić information content (AvgIpc) is 2.15. The third-order valence-corrected chi connectivity index (χ3v) is 1.72. The molecule has 1 unspecified atom stereocenters. The van der Waals surface area contributed by atoms with Crippen molar-refractivity contribution in [2.24, 2.45) is 5.92 Å². The molecule has 14 heavy (non-hydrogen) atoms. The van der Waals surface area contributed by atoms with Gasteiger partial charge in [-0.05, 0) is 6.42 Å². The van der Waals surface area contributed by atoms with Gasteiger partial charge in [-0.25, -0.2) is 0 Å². The van der Waals surface area contributed by atoms with Crippen LogP contribution in [0.1, 0.15) is 61.8 Å². The number of hydrogen-bond acceptors (Lipinski definition) is 2. The molecule has 2 nitrogen and oxygen atoms in total. The number of unbranched alkanes of at least 4 members (excludes halogenated alkanes) is 1. The molecule has 0 aromatic carbocycles. The molecule has 0 aliphatic heterocycles. The molecular weight excluding hydrogens is 176 g/mol. The van der Waals surface area contributed by atoms with E-state index in [1.165, 1.54) is 20.0 Å². The summed E-state index contributed by atoms with van der Waals surface area (Å²) < 4.78 is 4.46. The van der Waals surface area contributed by atoms with Crippen LogP contribution in [0.15, 0.2) is 0 Å². The monoisotopic (exact) mass is 206 g/mol. The number of carbonyl (C=O) groups is 1. The van der Waals surface area contributed by atoms with E-state index in [2.05, 4.69) is 18.6 Å². The van der Waals surface area contributed by atoms with Gasteiger partial charge in [0.1, 0.15) is 0 Å². The third kappa shape index (κ3) is 17.5. The Morgan fingerprint density at radius 2 is 1.50 bits per heavy atom. The number of carbonyl (C=O) groups excluding carboxylic acids is 1. The fraction of sp³-hybridized carbons (Fsp3) is 0.917. The Hall–Kier alpha value is -0.530. The maximum absolute atomic E-state index is 10.5. The molecule has 0 saturated carbocycles. The van der Waals surface area contributed by atoms with Gasteiger partial charge in [-0.15, -0.1) is 0 Å². The Labute approximate surface area is 91.0 Å². The van der Waals surface area contributed by atoms with Crippen LogP contribution in [0, 0.1) is 5.92 Å². The van der Waals surface area contributed by atoms with Crippen LogP contribution in [-0.2, 0) is 9.53 Å². The Bertz CT molecular complexity index is 98.5. The zero-order chi connectivity index (χ0) is 9.98. The lowest BCUT2D eigenvalue weighted by molar-refractivity contribution is -0.144. The van der Waals surface area contributed by atoms with Crippen LogP contribution in [0.25, 0.3) is 0 Å². The van der Waals surface area contributed by atoms with Crippen molar-refractivity contribution >= 4 is 5.97 Å². The normalized spacial score (nSPS) is 9.50. The molecular formula is C12H30O2. The fourth-order valence-electron chi connectivity index (χ4n) is 0.368. The highest BCUT2D eigenvalue weighted by molar-refractivity contribution is 5.71. The van der Waals surface area contributed by atoms with Crippen LogP contribution in [0.4, 0.5) is 0 Å². The van der Waals surface area contributed by atoms with Crippen molar-refractivity contribution in [3.8, 4) is 0 Å². The summed E-state index contributed by atoms with van der Waals surface area (Å²) in [5.74, 6) is -0.0625. The van der Waals surface area contributed by atoms with E-state index in [-0.39, 0.29) is 26.7 Å². The molecule has 0 rings (SSSR count). The maximum atomic E-state index is 10.5. The molecule has 0 saturated heterocycles. The summed E-state index contributed by atoms with van der Waals surface area (Å²) in [7, 11) is 1.41. The van der Waals surface area contributed by atoms with Gasteiger partial charge < -0.3 is 4.74 Å². The van der Waals surface area contributed by atoms with Crippen LogP contribution < -0.4 is 0 Å². The van der Waals surface area contributed by atoms with E-state index in [9.17, 15) is 4.79 Å². The molecule has 0 radical (unpaired) electrons. The highest BCUT2D eigenvalue weighted by Gasteiger charge is 2.08. The molecule has 0 fully saturated rings. The zero-order valence-electron chi connectivity index (χ0n) is 9.02. The van der Waals surface area contributed by atoms with Crippen LogP contribution >= 0.6 is 0 Å². The second kappa shape index (κ2) is 18.3. The van der Waals surface area contributed by atoms with Gasteiger partial charge in [0, 0.05) is 0 Å². The average molecular weight is 206 g/mol. The van der Waals surface area contributed by atoms with E-state index >= 15 is 0 Å².